The normalized spacial score (nSPS) is 11.3. The lowest BCUT2D eigenvalue weighted by molar-refractivity contribution is 0.206. The Morgan fingerprint density at radius 3 is 2.92 bits per heavy atom. The van der Waals surface area contributed by atoms with Crippen LogP contribution in [0.4, 0.5) is 3.89 Å². The van der Waals surface area contributed by atoms with Crippen LogP contribution in [0.5, 0.6) is 0 Å². The minimum Gasteiger partial charge on any atom is -0.362 e. The molecule has 0 saturated carbocycles. The average Bonchev–Trinajstić information content (AvgIpc) is 2.16. The molecule has 0 aromatic heterocycles. The van der Waals surface area contributed by atoms with Crippen molar-refractivity contribution in [2.45, 2.75) is 0 Å². The molecule has 0 bridgehead atoms. The molecule has 0 aromatic carbocycles. The number of ether oxygens (including phenoxy) is 1. The lowest BCUT2D eigenvalue weighted by Gasteiger charge is -2.00. The molecular weight excluding hydrogens is 209 g/mol. The highest BCUT2D eigenvalue weighted by atomic mass is 32.2. The second kappa shape index (κ2) is 9.83. The Bertz CT molecular complexity index is 185. The van der Waals surface area contributed by atoms with Crippen LogP contribution in [0.15, 0.2) is 28.8 Å². The van der Waals surface area contributed by atoms with Gasteiger partial charge < -0.3 is 4.74 Å². The van der Waals surface area contributed by atoms with E-state index in [4.69, 9.17) is 4.74 Å². The number of aliphatic imine (C=N–C) groups is 1. The molecule has 0 saturated heterocycles. The number of rotatable bonds is 8. The van der Waals surface area contributed by atoms with Crippen LogP contribution >= 0.6 is 23.9 Å². The van der Waals surface area contributed by atoms with E-state index >= 15 is 0 Å². The minimum absolute atomic E-state index is 0.0268. The van der Waals surface area contributed by atoms with Gasteiger partial charge >= 0.3 is 0 Å². The van der Waals surface area contributed by atoms with E-state index in [1.165, 1.54) is 0 Å². The van der Waals surface area contributed by atoms with Gasteiger partial charge in [-0.15, -0.1) is 18.3 Å². The molecule has 2 nitrogen and oxygen atoms in total. The van der Waals surface area contributed by atoms with Crippen LogP contribution in [-0.4, -0.2) is 25.0 Å². The fraction of sp³-hybridized carbons (Fsp3) is 0.375. The van der Waals surface area contributed by atoms with E-state index in [-0.39, 0.29) is 18.1 Å². The molecule has 0 aliphatic rings. The first-order valence-corrected chi connectivity index (χ1v) is 5.48. The molecule has 0 aliphatic heterocycles. The van der Waals surface area contributed by atoms with Gasteiger partial charge in [0.2, 0.25) is 0 Å². The van der Waals surface area contributed by atoms with Gasteiger partial charge in [-0.3, -0.25) is 4.99 Å². The van der Waals surface area contributed by atoms with Crippen LogP contribution in [0.1, 0.15) is 0 Å². The van der Waals surface area contributed by atoms with Crippen molar-refractivity contribution in [1.82, 2.24) is 0 Å². The van der Waals surface area contributed by atoms with Crippen LogP contribution in [0.3, 0.4) is 0 Å². The smallest absolute Gasteiger partial charge is 0.124 e. The van der Waals surface area contributed by atoms with Crippen molar-refractivity contribution < 1.29 is 8.62 Å². The maximum Gasteiger partial charge on any atom is 0.124 e. The topological polar surface area (TPSA) is 21.6 Å². The summed E-state index contributed by atoms with van der Waals surface area (Å²) in [6.07, 6.45) is 1.79. The van der Waals surface area contributed by atoms with Crippen LogP contribution < -0.4 is 0 Å². The number of thioether (sulfide) groups is 1. The van der Waals surface area contributed by atoms with E-state index in [1.54, 1.807) is 17.8 Å². The van der Waals surface area contributed by atoms with E-state index < -0.39 is 0 Å². The summed E-state index contributed by atoms with van der Waals surface area (Å²) in [6, 6.07) is 0. The van der Waals surface area contributed by atoms with Crippen molar-refractivity contribution in [3.63, 3.8) is 0 Å². The summed E-state index contributed by atoms with van der Waals surface area (Å²) in [4.78, 5) is 3.73. The monoisotopic (exact) mass is 221 g/mol. The largest absolute Gasteiger partial charge is 0.362 e. The third kappa shape index (κ3) is 8.08. The van der Waals surface area contributed by atoms with Crippen molar-refractivity contribution in [2.24, 2.45) is 4.99 Å². The zero-order valence-corrected chi connectivity index (χ0v) is 8.87. The Kier molecular flexibility index (Phi) is 9.63. The molecule has 13 heavy (non-hydrogen) atoms. The van der Waals surface area contributed by atoms with Gasteiger partial charge in [0.25, 0.3) is 0 Å². The molecule has 0 rings (SSSR count). The van der Waals surface area contributed by atoms with Gasteiger partial charge in [0.1, 0.15) is 5.94 Å². The Morgan fingerprint density at radius 2 is 2.38 bits per heavy atom. The van der Waals surface area contributed by atoms with Gasteiger partial charge in [0.15, 0.2) is 0 Å². The summed E-state index contributed by atoms with van der Waals surface area (Å²) < 4.78 is 16.5. The van der Waals surface area contributed by atoms with Crippen LogP contribution in [0.2, 0.25) is 0 Å². The first-order valence-electron chi connectivity index (χ1n) is 3.54. The highest BCUT2D eigenvalue weighted by Gasteiger charge is 1.93. The van der Waals surface area contributed by atoms with Gasteiger partial charge in [-0.05, 0) is 12.1 Å². The summed E-state index contributed by atoms with van der Waals surface area (Å²) >= 11 is 1.70. The number of nitrogens with zero attached hydrogens (tertiary/aromatic N) is 1. The van der Waals surface area contributed by atoms with E-state index in [0.717, 1.165) is 5.75 Å². The molecule has 0 atom stereocenters. The molecule has 0 heterocycles. The zero-order valence-electron chi connectivity index (χ0n) is 7.24. The van der Waals surface area contributed by atoms with Crippen molar-refractivity contribution in [2.75, 3.05) is 18.3 Å². The zero-order chi connectivity index (χ0) is 9.94. The number of halogens is 1. The average molecular weight is 221 g/mol. The van der Waals surface area contributed by atoms with Crippen molar-refractivity contribution >= 4 is 30.6 Å². The van der Waals surface area contributed by atoms with Crippen molar-refractivity contribution in [3.05, 3.63) is 23.8 Å². The van der Waals surface area contributed by atoms with Gasteiger partial charge in [-0.1, -0.05) is 6.08 Å². The molecule has 74 valence electrons. The summed E-state index contributed by atoms with van der Waals surface area (Å²) in [5, 5.41) is 1.83. The quantitative estimate of drug-likeness (QED) is 0.272. The fourth-order valence-corrected chi connectivity index (χ4v) is 1.22. The van der Waals surface area contributed by atoms with E-state index in [0.29, 0.717) is 12.3 Å². The maximum atomic E-state index is 11.6. The maximum absolute atomic E-state index is 11.6. The second-order valence-electron chi connectivity index (χ2n) is 1.96. The predicted octanol–water partition coefficient (Wildman–Crippen LogP) is 3.04. The van der Waals surface area contributed by atoms with Gasteiger partial charge in [-0.2, -0.15) is 3.89 Å². The predicted molar refractivity (Wildman–Crippen MR) is 59.8 cm³/mol. The Balaban J connectivity index is 3.66. The number of hydrogen-bond donors (Lipinski definition) is 0. The minimum atomic E-state index is 0.0268. The third-order valence-electron chi connectivity index (χ3n) is 1.01. The molecule has 0 radical (unpaired) electrons. The van der Waals surface area contributed by atoms with Gasteiger partial charge in [0.05, 0.1) is 24.5 Å². The third-order valence-corrected chi connectivity index (χ3v) is 2.14. The second-order valence-corrected chi connectivity index (χ2v) is 3.32. The molecule has 0 aliphatic carbocycles. The van der Waals surface area contributed by atoms with E-state index in [1.807, 2.05) is 5.41 Å². The Hall–Kier alpha value is -0.260. The molecule has 0 spiro atoms. The fourth-order valence-electron chi connectivity index (χ4n) is 0.507. The highest BCUT2D eigenvalue weighted by molar-refractivity contribution is 8.02. The lowest BCUT2D eigenvalue weighted by atomic mass is 10.5. The van der Waals surface area contributed by atoms with E-state index in [2.05, 4.69) is 18.3 Å². The first kappa shape index (κ1) is 12.7. The summed E-state index contributed by atoms with van der Waals surface area (Å²) in [6.45, 7) is 7.25. The lowest BCUT2D eigenvalue weighted by Crippen LogP contribution is -1.94. The van der Waals surface area contributed by atoms with E-state index in [9.17, 15) is 3.89 Å². The molecule has 0 unspecified atom stereocenters. The SMILES string of the molecule is C=CCS/C=C(/COCSF)N=C. The van der Waals surface area contributed by atoms with Crippen LogP contribution in [0.25, 0.3) is 0 Å². The Labute approximate surface area is 86.6 Å². The first-order chi connectivity index (χ1) is 6.35. The highest BCUT2D eigenvalue weighted by Crippen LogP contribution is 2.09. The molecule has 0 N–H and O–H groups in total. The Morgan fingerprint density at radius 1 is 1.62 bits per heavy atom. The van der Waals surface area contributed by atoms with Crippen LogP contribution in [-0.2, 0) is 4.74 Å². The van der Waals surface area contributed by atoms with Crippen molar-refractivity contribution in [3.8, 4) is 0 Å². The summed E-state index contributed by atoms with van der Waals surface area (Å²) in [5.41, 5.74) is 0.709. The standard InChI is InChI=1S/C8H12FNOS2/c1-3-4-12-6-8(10-2)5-11-7-13-9/h3,6H,1-2,4-5,7H2/b8-6-. The summed E-state index contributed by atoms with van der Waals surface area (Å²) in [5.74, 6) is 0.843. The molecule has 5 heteroatoms. The summed E-state index contributed by atoms with van der Waals surface area (Å²) in [7, 11) is 0. The molecule has 0 fully saturated rings. The van der Waals surface area contributed by atoms with Gasteiger partial charge in [-0.25, -0.2) is 0 Å². The number of hydrogen-bond acceptors (Lipinski definition) is 4. The van der Waals surface area contributed by atoms with Gasteiger partial charge in [0, 0.05) is 5.75 Å². The molecular formula is C8H12FNOS2. The van der Waals surface area contributed by atoms with Crippen LogP contribution in [0, 0.1) is 0 Å². The molecule has 0 amide bonds. The van der Waals surface area contributed by atoms with Crippen molar-refractivity contribution in [1.29, 1.82) is 0 Å². The molecule has 0 aromatic rings.